The Morgan fingerprint density at radius 3 is 2.08 bits per heavy atom. The molecule has 2 aliphatic carbocycles. The summed E-state index contributed by atoms with van der Waals surface area (Å²) in [6.07, 6.45) is 6.50. The molecule has 2 heteroatoms. The fourth-order valence-electron chi connectivity index (χ4n) is 2.72. The van der Waals surface area contributed by atoms with Crippen molar-refractivity contribution in [2.24, 2.45) is 11.8 Å². The Labute approximate surface area is 72.5 Å². The van der Waals surface area contributed by atoms with E-state index in [1.54, 1.807) is 0 Å². The Kier molecular flexibility index (Phi) is 1.15. The fraction of sp³-hybridized carbons (Fsp3) is 0.800. The molecule has 2 nitrogen and oxygen atoms in total. The Morgan fingerprint density at radius 1 is 1.08 bits per heavy atom. The maximum Gasteiger partial charge on any atom is 0.163 e. The van der Waals surface area contributed by atoms with Crippen LogP contribution in [0.15, 0.2) is 12.2 Å². The molecule has 1 saturated carbocycles. The topological polar surface area (TPSA) is 18.5 Å². The van der Waals surface area contributed by atoms with Crippen molar-refractivity contribution in [1.29, 1.82) is 0 Å². The lowest BCUT2D eigenvalue weighted by Crippen LogP contribution is -2.26. The lowest BCUT2D eigenvalue weighted by Gasteiger charge is -2.19. The van der Waals surface area contributed by atoms with Gasteiger partial charge in [0.05, 0.1) is 12.2 Å². The van der Waals surface area contributed by atoms with Gasteiger partial charge < -0.3 is 9.47 Å². The average Bonchev–Trinajstić information content (AvgIpc) is 2.54. The van der Waals surface area contributed by atoms with Crippen LogP contribution in [0.1, 0.15) is 20.3 Å². The van der Waals surface area contributed by atoms with Crippen LogP contribution >= 0.6 is 0 Å². The number of hydrogen-bond acceptors (Lipinski definition) is 2. The molecule has 4 atom stereocenters. The Hall–Kier alpha value is -0.340. The lowest BCUT2D eigenvalue weighted by molar-refractivity contribution is -0.156. The molecule has 2 bridgehead atoms. The van der Waals surface area contributed by atoms with E-state index in [4.69, 9.17) is 9.47 Å². The molecular weight excluding hydrogens is 152 g/mol. The molecule has 0 aromatic rings. The molecule has 3 aliphatic rings. The van der Waals surface area contributed by atoms with Gasteiger partial charge >= 0.3 is 0 Å². The molecule has 0 aromatic carbocycles. The smallest absolute Gasteiger partial charge is 0.163 e. The van der Waals surface area contributed by atoms with Gasteiger partial charge in [-0.05, 0) is 20.3 Å². The summed E-state index contributed by atoms with van der Waals surface area (Å²) >= 11 is 0. The van der Waals surface area contributed by atoms with Gasteiger partial charge in [-0.3, -0.25) is 0 Å². The monoisotopic (exact) mass is 166 g/mol. The summed E-state index contributed by atoms with van der Waals surface area (Å²) in [6, 6.07) is 0. The summed E-state index contributed by atoms with van der Waals surface area (Å²) in [6.45, 7) is 4.01. The predicted octanol–water partition coefficient (Wildman–Crippen LogP) is 1.71. The third-order valence-electron chi connectivity index (χ3n) is 3.16. The second kappa shape index (κ2) is 1.94. The largest absolute Gasteiger partial charge is 0.344 e. The van der Waals surface area contributed by atoms with Gasteiger partial charge in [0.25, 0.3) is 0 Å². The molecule has 0 spiro atoms. The second-order valence-electron chi connectivity index (χ2n) is 4.51. The standard InChI is InChI=1S/C10H14O2/c1-10(2)11-8-6-3-4-7(5-6)9(8)12-10/h3-4,6-9H,5H2,1-2H3/t6-,7+,8+,9-. The van der Waals surface area contributed by atoms with E-state index in [1.165, 1.54) is 6.42 Å². The number of hydrogen-bond donors (Lipinski definition) is 0. The van der Waals surface area contributed by atoms with Crippen LogP contribution in [-0.4, -0.2) is 18.0 Å². The van der Waals surface area contributed by atoms with Crippen molar-refractivity contribution in [3.63, 3.8) is 0 Å². The van der Waals surface area contributed by atoms with Crippen LogP contribution < -0.4 is 0 Å². The van der Waals surface area contributed by atoms with E-state index >= 15 is 0 Å². The molecule has 3 rings (SSSR count). The first kappa shape index (κ1) is 7.10. The molecule has 2 fully saturated rings. The van der Waals surface area contributed by atoms with Gasteiger partial charge in [0, 0.05) is 11.8 Å². The molecule has 1 aliphatic heterocycles. The van der Waals surface area contributed by atoms with Gasteiger partial charge in [-0.2, -0.15) is 0 Å². The molecule has 1 saturated heterocycles. The molecule has 66 valence electrons. The van der Waals surface area contributed by atoms with Crippen molar-refractivity contribution >= 4 is 0 Å². The van der Waals surface area contributed by atoms with Gasteiger partial charge in [-0.1, -0.05) is 12.2 Å². The van der Waals surface area contributed by atoms with Gasteiger partial charge in [-0.15, -0.1) is 0 Å². The van der Waals surface area contributed by atoms with E-state index < -0.39 is 0 Å². The van der Waals surface area contributed by atoms with Crippen LogP contribution in [0, 0.1) is 11.8 Å². The van der Waals surface area contributed by atoms with Gasteiger partial charge in [0.1, 0.15) is 0 Å². The van der Waals surface area contributed by atoms with E-state index in [0.29, 0.717) is 24.0 Å². The van der Waals surface area contributed by atoms with E-state index in [1.807, 2.05) is 13.8 Å². The molecular formula is C10H14O2. The lowest BCUT2D eigenvalue weighted by atomic mass is 10.0. The van der Waals surface area contributed by atoms with E-state index in [2.05, 4.69) is 12.2 Å². The Balaban J connectivity index is 1.91. The first-order valence-electron chi connectivity index (χ1n) is 4.70. The maximum atomic E-state index is 5.83. The highest BCUT2D eigenvalue weighted by atomic mass is 16.8. The predicted molar refractivity (Wildman–Crippen MR) is 44.6 cm³/mol. The van der Waals surface area contributed by atoms with Gasteiger partial charge in [-0.25, -0.2) is 0 Å². The van der Waals surface area contributed by atoms with Crippen LogP contribution in [-0.2, 0) is 9.47 Å². The van der Waals surface area contributed by atoms with E-state index in [0.717, 1.165) is 0 Å². The zero-order valence-corrected chi connectivity index (χ0v) is 7.49. The van der Waals surface area contributed by atoms with E-state index in [9.17, 15) is 0 Å². The normalized spacial score (nSPS) is 53.2. The average molecular weight is 166 g/mol. The van der Waals surface area contributed by atoms with Crippen molar-refractivity contribution in [1.82, 2.24) is 0 Å². The highest BCUT2D eigenvalue weighted by molar-refractivity contribution is 5.17. The molecule has 0 aromatic heterocycles. The quantitative estimate of drug-likeness (QED) is 0.510. The Morgan fingerprint density at radius 2 is 1.58 bits per heavy atom. The number of ether oxygens (including phenoxy) is 2. The summed E-state index contributed by atoms with van der Waals surface area (Å²) in [5, 5.41) is 0. The summed E-state index contributed by atoms with van der Waals surface area (Å²) < 4.78 is 11.7. The maximum absolute atomic E-state index is 5.83. The SMILES string of the molecule is CC1(C)O[C@@H]2[C@H](O1)[C@H]1C=C[C@@H]2C1. The first-order chi connectivity index (χ1) is 5.66. The van der Waals surface area contributed by atoms with Crippen LogP contribution in [0.2, 0.25) is 0 Å². The zero-order chi connectivity index (χ0) is 8.34. The van der Waals surface area contributed by atoms with Gasteiger partial charge in [0.15, 0.2) is 5.79 Å². The van der Waals surface area contributed by atoms with Gasteiger partial charge in [0.2, 0.25) is 0 Å². The summed E-state index contributed by atoms with van der Waals surface area (Å²) in [7, 11) is 0. The third-order valence-corrected chi connectivity index (χ3v) is 3.16. The second-order valence-corrected chi connectivity index (χ2v) is 4.51. The number of rotatable bonds is 0. The summed E-state index contributed by atoms with van der Waals surface area (Å²) in [5.41, 5.74) is 0. The zero-order valence-electron chi connectivity index (χ0n) is 7.49. The summed E-state index contributed by atoms with van der Waals surface area (Å²) in [5.74, 6) is 0.904. The van der Waals surface area contributed by atoms with Crippen LogP contribution in [0.3, 0.4) is 0 Å². The summed E-state index contributed by atoms with van der Waals surface area (Å²) in [4.78, 5) is 0. The fourth-order valence-corrected chi connectivity index (χ4v) is 2.72. The van der Waals surface area contributed by atoms with Crippen molar-refractivity contribution in [2.45, 2.75) is 38.3 Å². The first-order valence-corrected chi connectivity index (χ1v) is 4.70. The molecule has 12 heavy (non-hydrogen) atoms. The molecule has 0 unspecified atom stereocenters. The highest BCUT2D eigenvalue weighted by Gasteiger charge is 2.54. The molecule has 1 heterocycles. The van der Waals surface area contributed by atoms with Crippen LogP contribution in [0.4, 0.5) is 0 Å². The van der Waals surface area contributed by atoms with E-state index in [-0.39, 0.29) is 5.79 Å². The minimum atomic E-state index is -0.349. The van der Waals surface area contributed by atoms with Crippen molar-refractivity contribution in [3.05, 3.63) is 12.2 Å². The number of fused-ring (bicyclic) bond motifs is 5. The minimum Gasteiger partial charge on any atom is -0.344 e. The van der Waals surface area contributed by atoms with Crippen molar-refractivity contribution in [3.8, 4) is 0 Å². The Bertz CT molecular complexity index is 222. The molecule has 0 radical (unpaired) electrons. The van der Waals surface area contributed by atoms with Crippen molar-refractivity contribution in [2.75, 3.05) is 0 Å². The van der Waals surface area contributed by atoms with Crippen LogP contribution in [0.25, 0.3) is 0 Å². The van der Waals surface area contributed by atoms with Crippen molar-refractivity contribution < 1.29 is 9.47 Å². The highest BCUT2D eigenvalue weighted by Crippen LogP contribution is 2.49. The third kappa shape index (κ3) is 0.771. The molecule has 0 N–H and O–H groups in total. The minimum absolute atomic E-state index is 0.343. The molecule has 0 amide bonds. The van der Waals surface area contributed by atoms with Crippen LogP contribution in [0.5, 0.6) is 0 Å².